The fraction of sp³-hybridized carbons (Fsp3) is 0.681. The second kappa shape index (κ2) is 25.3. The molecule has 0 amide bonds. The van der Waals surface area contributed by atoms with E-state index in [0.717, 1.165) is 83.7 Å². The summed E-state index contributed by atoms with van der Waals surface area (Å²) in [6.45, 7) is 28.2. The Morgan fingerprint density at radius 2 is 0.790 bits per heavy atom. The van der Waals surface area contributed by atoms with Crippen LogP contribution in [0.1, 0.15) is 94.2 Å². The van der Waals surface area contributed by atoms with Gasteiger partial charge in [0.05, 0.1) is 6.61 Å². The van der Waals surface area contributed by atoms with E-state index in [1.165, 1.54) is 0 Å². The van der Waals surface area contributed by atoms with Crippen LogP contribution in [-0.4, -0.2) is 85.5 Å². The molecule has 1 saturated heterocycles. The average Bonchev–Trinajstić information content (AvgIpc) is 3.33. The van der Waals surface area contributed by atoms with E-state index >= 15 is 0 Å². The van der Waals surface area contributed by atoms with Crippen LogP contribution in [-0.2, 0) is 35.7 Å². The Hall–Kier alpha value is -2.48. The Labute approximate surface area is 379 Å². The van der Waals surface area contributed by atoms with Gasteiger partial charge in [-0.05, 0) is 83.7 Å². The first kappa shape index (κ1) is 52.1. The van der Waals surface area contributed by atoms with Crippen molar-refractivity contribution < 1.29 is 36.7 Å². The predicted molar refractivity (Wildman–Crippen MR) is 260 cm³/mol. The van der Waals surface area contributed by atoms with Crippen LogP contribution in [0.3, 0.4) is 0 Å². The summed E-state index contributed by atoms with van der Waals surface area (Å²) < 4.78 is 56.9. The van der Waals surface area contributed by atoms with E-state index < -0.39 is 64.0 Å². The molecule has 348 valence electrons. The van der Waals surface area contributed by atoms with E-state index in [0.29, 0.717) is 6.61 Å². The molecule has 0 N–H and O–H groups in total. The standard InChI is InChI=1S/C47H81N3O8Si4/c1-13-59(14-2,15-3)53-37-40-41(56-60(16-4,17-5)18-6)42(57-61(19-7,20-8)21-9)43(58-62(22-10,23-11)24-12)44(54-40)55-47-49-45(51-35-38-31-27-25-28-32-38)48-46(50-47)52-36-39-33-29-26-30-34-39/h25-34,40-44H,13-24,35-37H2,1-12H3/t40-,41-,42+,43-,44+/m1/s1. The lowest BCUT2D eigenvalue weighted by Gasteiger charge is -2.52. The summed E-state index contributed by atoms with van der Waals surface area (Å²) in [5.41, 5.74) is 1.96. The Morgan fingerprint density at radius 1 is 0.435 bits per heavy atom. The maximum atomic E-state index is 7.77. The minimum atomic E-state index is -2.33. The average molecular weight is 929 g/mol. The largest absolute Gasteiger partial charge is 0.458 e. The van der Waals surface area contributed by atoms with Crippen LogP contribution in [0.15, 0.2) is 60.7 Å². The van der Waals surface area contributed by atoms with Crippen molar-refractivity contribution in [3.05, 3.63) is 71.8 Å². The summed E-state index contributed by atoms with van der Waals surface area (Å²) in [6, 6.07) is 31.9. The molecule has 62 heavy (non-hydrogen) atoms. The molecule has 0 unspecified atom stereocenters. The number of nitrogens with zero attached hydrogens (tertiary/aromatic N) is 3. The summed E-state index contributed by atoms with van der Waals surface area (Å²) in [6.07, 6.45) is -2.94. The fourth-order valence-corrected chi connectivity index (χ4v) is 19.9. The lowest BCUT2D eigenvalue weighted by Crippen LogP contribution is -2.68. The molecule has 3 aromatic rings. The van der Waals surface area contributed by atoms with E-state index in [-0.39, 0.29) is 31.2 Å². The summed E-state index contributed by atoms with van der Waals surface area (Å²) in [7, 11) is -8.90. The molecular weight excluding hydrogens is 847 g/mol. The summed E-state index contributed by atoms with van der Waals surface area (Å²) >= 11 is 0. The molecule has 2 aromatic carbocycles. The molecule has 1 aliphatic heterocycles. The van der Waals surface area contributed by atoms with Crippen LogP contribution in [0, 0.1) is 0 Å². The molecule has 1 fully saturated rings. The summed E-state index contributed by atoms with van der Waals surface area (Å²) in [5.74, 6) is 0. The summed E-state index contributed by atoms with van der Waals surface area (Å²) in [5, 5.41) is 0. The molecule has 0 spiro atoms. The highest BCUT2D eigenvalue weighted by Crippen LogP contribution is 2.40. The second-order valence-electron chi connectivity index (χ2n) is 16.9. The Balaban J connectivity index is 1.92. The van der Waals surface area contributed by atoms with Gasteiger partial charge in [0, 0.05) is 0 Å². The van der Waals surface area contributed by atoms with Crippen molar-refractivity contribution in [2.75, 3.05) is 6.61 Å². The van der Waals surface area contributed by atoms with Gasteiger partial charge in [-0.2, -0.15) is 0 Å². The van der Waals surface area contributed by atoms with Crippen molar-refractivity contribution in [3.8, 4) is 18.0 Å². The van der Waals surface area contributed by atoms with Crippen molar-refractivity contribution in [1.29, 1.82) is 0 Å². The van der Waals surface area contributed by atoms with Crippen molar-refractivity contribution in [1.82, 2.24) is 15.0 Å². The minimum absolute atomic E-state index is 0.0306. The zero-order valence-electron chi connectivity index (χ0n) is 40.4. The van der Waals surface area contributed by atoms with Gasteiger partial charge in [-0.15, -0.1) is 15.0 Å². The SMILES string of the molecule is CC[Si](CC)(CC)OC[C@H]1O[C@@H](Oc2nc(OCc3ccccc3)nc(OCc3ccccc3)n2)[C@H](O[Si](CC)(CC)CC)[C@@H](O[Si](CC)(CC)CC)[C@@H]1O[Si](CC)(CC)CC. The van der Waals surface area contributed by atoms with Gasteiger partial charge in [-0.3, -0.25) is 0 Å². The quantitative estimate of drug-likeness (QED) is 0.0620. The molecule has 0 aliphatic carbocycles. The molecule has 11 nitrogen and oxygen atoms in total. The van der Waals surface area contributed by atoms with E-state index in [9.17, 15) is 0 Å². The van der Waals surface area contributed by atoms with Gasteiger partial charge in [0.15, 0.2) is 33.3 Å². The van der Waals surface area contributed by atoms with E-state index in [2.05, 4.69) is 88.1 Å². The second-order valence-corrected chi connectivity index (χ2v) is 35.9. The molecule has 1 aliphatic rings. The van der Waals surface area contributed by atoms with Crippen LogP contribution in [0.5, 0.6) is 18.0 Å². The van der Waals surface area contributed by atoms with E-state index in [4.69, 9.17) is 46.6 Å². The highest BCUT2D eigenvalue weighted by Gasteiger charge is 2.56. The molecular formula is C47H81N3O8Si4. The van der Waals surface area contributed by atoms with Crippen LogP contribution in [0.4, 0.5) is 0 Å². The molecule has 0 radical (unpaired) electrons. The number of hydrogen-bond acceptors (Lipinski definition) is 11. The van der Waals surface area contributed by atoms with Crippen molar-refractivity contribution >= 4 is 33.3 Å². The molecule has 4 rings (SSSR count). The Morgan fingerprint density at radius 3 is 1.18 bits per heavy atom. The maximum absolute atomic E-state index is 7.77. The maximum Gasteiger partial charge on any atom is 0.328 e. The normalized spacial score (nSPS) is 20.0. The molecule has 1 aromatic heterocycles. The number of hydrogen-bond donors (Lipinski definition) is 0. The van der Waals surface area contributed by atoms with Gasteiger partial charge in [0.1, 0.15) is 37.6 Å². The molecule has 15 heteroatoms. The van der Waals surface area contributed by atoms with Gasteiger partial charge in [-0.1, -0.05) is 144 Å². The third-order valence-corrected chi connectivity index (χ3v) is 32.8. The van der Waals surface area contributed by atoms with Gasteiger partial charge >= 0.3 is 18.0 Å². The highest BCUT2D eigenvalue weighted by molar-refractivity contribution is 6.75. The fourth-order valence-electron chi connectivity index (χ4n) is 8.74. The molecule has 2 heterocycles. The summed E-state index contributed by atoms with van der Waals surface area (Å²) in [4.78, 5) is 14.1. The van der Waals surface area contributed by atoms with Gasteiger partial charge < -0.3 is 36.7 Å². The number of aromatic nitrogens is 3. The lowest BCUT2D eigenvalue weighted by molar-refractivity contribution is -0.267. The first-order valence-electron chi connectivity index (χ1n) is 24.0. The lowest BCUT2D eigenvalue weighted by atomic mass is 9.99. The first-order chi connectivity index (χ1) is 30.0. The van der Waals surface area contributed by atoms with Crippen LogP contribution in [0.25, 0.3) is 0 Å². The number of rotatable bonds is 29. The van der Waals surface area contributed by atoms with Gasteiger partial charge in [0.2, 0.25) is 6.29 Å². The topological polar surface area (TPSA) is 113 Å². The number of benzene rings is 2. The van der Waals surface area contributed by atoms with E-state index in [1.807, 2.05) is 60.7 Å². The van der Waals surface area contributed by atoms with Crippen molar-refractivity contribution in [3.63, 3.8) is 0 Å². The smallest absolute Gasteiger partial charge is 0.328 e. The Kier molecular flexibility index (Phi) is 21.3. The number of ether oxygens (including phenoxy) is 4. The zero-order chi connectivity index (χ0) is 45.2. The van der Waals surface area contributed by atoms with Crippen LogP contribution < -0.4 is 14.2 Å². The molecule has 0 bridgehead atoms. The third kappa shape index (κ3) is 13.5. The predicted octanol–water partition coefficient (Wildman–Crippen LogP) is 12.3. The molecule has 5 atom stereocenters. The van der Waals surface area contributed by atoms with Crippen LogP contribution >= 0.6 is 0 Å². The van der Waals surface area contributed by atoms with Crippen molar-refractivity contribution in [2.45, 2.75) is 200 Å². The molecule has 0 saturated carbocycles. The minimum Gasteiger partial charge on any atom is -0.458 e. The first-order valence-corrected chi connectivity index (χ1v) is 34.2. The zero-order valence-corrected chi connectivity index (χ0v) is 44.4. The third-order valence-electron chi connectivity index (χ3n) is 14.3. The van der Waals surface area contributed by atoms with E-state index in [1.54, 1.807) is 0 Å². The highest BCUT2D eigenvalue weighted by atomic mass is 28.4. The van der Waals surface area contributed by atoms with Crippen molar-refractivity contribution in [2.24, 2.45) is 0 Å². The van der Waals surface area contributed by atoms with Gasteiger partial charge in [-0.25, -0.2) is 0 Å². The Bertz CT molecular complexity index is 1610. The van der Waals surface area contributed by atoms with Gasteiger partial charge in [0.25, 0.3) is 0 Å². The monoisotopic (exact) mass is 928 g/mol. The van der Waals surface area contributed by atoms with Crippen LogP contribution in [0.2, 0.25) is 72.5 Å².